The number of hydrogen-bond acceptors (Lipinski definition) is 5. The predicted octanol–water partition coefficient (Wildman–Crippen LogP) is 3.57. The van der Waals surface area contributed by atoms with E-state index in [0.717, 1.165) is 6.29 Å². The summed E-state index contributed by atoms with van der Waals surface area (Å²) in [6.45, 7) is 4.02. The van der Waals surface area contributed by atoms with Gasteiger partial charge in [-0.1, -0.05) is 23.2 Å². The lowest BCUT2D eigenvalue weighted by molar-refractivity contribution is -0.195. The molecule has 2 aromatic rings. The number of rotatable bonds is 1. The topological polar surface area (TPSA) is 58.9 Å². The van der Waals surface area contributed by atoms with Crippen LogP contribution in [0.15, 0.2) is 12.1 Å². The van der Waals surface area contributed by atoms with Crippen molar-refractivity contribution in [3.63, 3.8) is 0 Å². The third-order valence-corrected chi connectivity index (χ3v) is 5.64. The van der Waals surface area contributed by atoms with Gasteiger partial charge in [0.25, 0.3) is 0 Å². The Morgan fingerprint density at radius 1 is 1.20 bits per heavy atom. The third-order valence-electron chi connectivity index (χ3n) is 4.92. The minimum Gasteiger partial charge on any atom is -0.475 e. The molecule has 0 spiro atoms. The Labute approximate surface area is 153 Å². The second-order valence-corrected chi connectivity index (χ2v) is 7.75. The number of ether oxygens (including phenoxy) is 4. The maximum atomic E-state index is 11.7. The van der Waals surface area contributed by atoms with Crippen LogP contribution in [0.4, 0.5) is 0 Å². The zero-order valence-corrected chi connectivity index (χ0v) is 15.0. The highest BCUT2D eigenvalue weighted by Crippen LogP contribution is 2.49. The van der Waals surface area contributed by atoms with Crippen LogP contribution in [0.3, 0.4) is 0 Å². The number of benzene rings is 1. The highest BCUT2D eigenvalue weighted by atomic mass is 35.5. The van der Waals surface area contributed by atoms with Gasteiger partial charge in [-0.25, -0.2) is 0 Å². The number of aldehydes is 1. The van der Waals surface area contributed by atoms with E-state index in [0.29, 0.717) is 32.4 Å². The molecular weight excluding hydrogens is 369 g/mol. The summed E-state index contributed by atoms with van der Waals surface area (Å²) >= 11 is 12.4. The van der Waals surface area contributed by atoms with Crippen LogP contribution in [-0.4, -0.2) is 41.6 Å². The summed E-state index contributed by atoms with van der Waals surface area (Å²) in [6.07, 6.45) is -0.498. The van der Waals surface area contributed by atoms with Gasteiger partial charge in [0, 0.05) is 5.39 Å². The van der Waals surface area contributed by atoms with Crippen LogP contribution in [0.2, 0.25) is 10.0 Å². The second kappa shape index (κ2) is 5.11. The molecule has 6 nitrogen and oxygen atoms in total. The van der Waals surface area contributed by atoms with Crippen LogP contribution in [0.1, 0.15) is 30.4 Å². The first kappa shape index (κ1) is 15.9. The lowest BCUT2D eigenvalue weighted by Gasteiger charge is -2.23. The number of carbonyl (C=O) groups excluding carboxylic acids is 1. The average Bonchev–Trinajstić information content (AvgIpc) is 3.06. The standard InChI is InChI=1S/C17H15Cl2NO5/c1-17(2)24-13-12-6-22-15-8(5-21)7-3-9(18)10(19)4-11(7)20(15)16(23-12)14(13)25-17/h3-5,12-14,16H,6H2,1-2H3/t12-,13-,14-,16-/m1/s1. The molecule has 1 aromatic carbocycles. The predicted molar refractivity (Wildman–Crippen MR) is 90.6 cm³/mol. The van der Waals surface area contributed by atoms with E-state index in [1.165, 1.54) is 0 Å². The SMILES string of the molecule is CC1(C)O[C@@H]2[C@H](O1)[C@H]1COc3c(C=O)c4cc(Cl)c(Cl)cc4n3[C@@H]2O1. The molecule has 25 heavy (non-hydrogen) atoms. The molecule has 5 rings (SSSR count). The van der Waals surface area contributed by atoms with Crippen LogP contribution < -0.4 is 4.74 Å². The zero-order chi connectivity index (χ0) is 17.5. The molecule has 2 fully saturated rings. The number of fused-ring (bicyclic) bond motifs is 9. The fourth-order valence-electron chi connectivity index (χ4n) is 3.98. The van der Waals surface area contributed by atoms with E-state index in [9.17, 15) is 4.79 Å². The molecule has 0 N–H and O–H groups in total. The number of nitrogens with zero attached hydrogens (tertiary/aromatic N) is 1. The molecule has 0 aliphatic carbocycles. The summed E-state index contributed by atoms with van der Waals surface area (Å²) in [7, 11) is 0. The Bertz CT molecular complexity index is 908. The van der Waals surface area contributed by atoms with Crippen LogP contribution in [0.5, 0.6) is 5.88 Å². The minimum absolute atomic E-state index is 0.229. The van der Waals surface area contributed by atoms with E-state index in [-0.39, 0.29) is 24.9 Å². The molecule has 3 aliphatic rings. The van der Waals surface area contributed by atoms with Crippen molar-refractivity contribution in [3.05, 3.63) is 27.7 Å². The van der Waals surface area contributed by atoms with Gasteiger partial charge in [0.1, 0.15) is 24.9 Å². The molecule has 3 aliphatic heterocycles. The van der Waals surface area contributed by atoms with Crippen LogP contribution in [-0.2, 0) is 14.2 Å². The summed E-state index contributed by atoms with van der Waals surface area (Å²) in [5.41, 5.74) is 1.14. The lowest BCUT2D eigenvalue weighted by atomic mass is 10.1. The van der Waals surface area contributed by atoms with Gasteiger partial charge in [0.2, 0.25) is 5.88 Å². The first-order valence-corrected chi connectivity index (χ1v) is 8.77. The number of aromatic nitrogens is 1. The van der Waals surface area contributed by atoms with Gasteiger partial charge < -0.3 is 18.9 Å². The van der Waals surface area contributed by atoms with Gasteiger partial charge in [0.05, 0.1) is 21.1 Å². The molecule has 2 saturated heterocycles. The summed E-state index contributed by atoms with van der Waals surface area (Å²) in [5.74, 6) is -0.250. The summed E-state index contributed by atoms with van der Waals surface area (Å²) in [6, 6.07) is 3.39. The van der Waals surface area contributed by atoms with Crippen molar-refractivity contribution >= 4 is 40.4 Å². The molecule has 4 atom stereocenters. The maximum Gasteiger partial charge on any atom is 0.207 e. The third kappa shape index (κ3) is 2.12. The lowest BCUT2D eigenvalue weighted by Crippen LogP contribution is -2.34. The quantitative estimate of drug-likeness (QED) is 0.704. The van der Waals surface area contributed by atoms with Crippen molar-refractivity contribution in [2.24, 2.45) is 0 Å². The fourth-order valence-corrected chi connectivity index (χ4v) is 4.30. The van der Waals surface area contributed by atoms with Gasteiger partial charge in [-0.15, -0.1) is 0 Å². The monoisotopic (exact) mass is 383 g/mol. The van der Waals surface area contributed by atoms with Crippen molar-refractivity contribution in [2.75, 3.05) is 6.61 Å². The summed E-state index contributed by atoms with van der Waals surface area (Å²) in [5, 5.41) is 1.44. The molecule has 0 unspecified atom stereocenters. The van der Waals surface area contributed by atoms with Crippen LogP contribution >= 0.6 is 23.2 Å². The van der Waals surface area contributed by atoms with E-state index >= 15 is 0 Å². The molecular formula is C17H15Cl2NO5. The smallest absolute Gasteiger partial charge is 0.207 e. The highest BCUT2D eigenvalue weighted by Gasteiger charge is 2.58. The van der Waals surface area contributed by atoms with E-state index in [1.54, 1.807) is 12.1 Å². The molecule has 132 valence electrons. The molecule has 0 saturated carbocycles. The van der Waals surface area contributed by atoms with Crippen LogP contribution in [0.25, 0.3) is 10.9 Å². The number of hydrogen-bond donors (Lipinski definition) is 0. The van der Waals surface area contributed by atoms with E-state index in [2.05, 4.69) is 0 Å². The van der Waals surface area contributed by atoms with Crippen molar-refractivity contribution < 1.29 is 23.7 Å². The van der Waals surface area contributed by atoms with E-state index in [1.807, 2.05) is 18.4 Å². The van der Waals surface area contributed by atoms with Crippen molar-refractivity contribution in [2.45, 2.75) is 44.2 Å². The zero-order valence-electron chi connectivity index (χ0n) is 13.5. The Balaban J connectivity index is 1.76. The Morgan fingerprint density at radius 3 is 2.68 bits per heavy atom. The van der Waals surface area contributed by atoms with Crippen molar-refractivity contribution in [1.82, 2.24) is 4.57 Å². The molecule has 0 amide bonds. The average molecular weight is 384 g/mol. The van der Waals surface area contributed by atoms with Gasteiger partial charge in [-0.3, -0.25) is 9.36 Å². The molecule has 8 heteroatoms. The van der Waals surface area contributed by atoms with Crippen LogP contribution in [0, 0.1) is 0 Å². The van der Waals surface area contributed by atoms with Gasteiger partial charge in [-0.2, -0.15) is 0 Å². The molecule has 2 bridgehead atoms. The maximum absolute atomic E-state index is 11.7. The largest absolute Gasteiger partial charge is 0.475 e. The highest BCUT2D eigenvalue weighted by molar-refractivity contribution is 6.43. The normalized spacial score (nSPS) is 32.2. The second-order valence-electron chi connectivity index (χ2n) is 6.93. The molecule has 1 aromatic heterocycles. The van der Waals surface area contributed by atoms with Gasteiger partial charge in [-0.05, 0) is 26.0 Å². The minimum atomic E-state index is -0.697. The summed E-state index contributed by atoms with van der Waals surface area (Å²) < 4.78 is 26.0. The molecule has 0 radical (unpaired) electrons. The Kier molecular flexibility index (Phi) is 3.25. The molecule has 4 heterocycles. The van der Waals surface area contributed by atoms with E-state index < -0.39 is 12.0 Å². The van der Waals surface area contributed by atoms with E-state index in [4.69, 9.17) is 42.1 Å². The number of carbonyl (C=O) groups is 1. The van der Waals surface area contributed by atoms with Crippen molar-refractivity contribution in [3.8, 4) is 5.88 Å². The first-order chi connectivity index (χ1) is 11.9. The number of halogens is 2. The Morgan fingerprint density at radius 2 is 1.92 bits per heavy atom. The van der Waals surface area contributed by atoms with Gasteiger partial charge >= 0.3 is 0 Å². The Hall–Kier alpha value is -1.31. The first-order valence-electron chi connectivity index (χ1n) is 8.01. The van der Waals surface area contributed by atoms with Gasteiger partial charge in [0.15, 0.2) is 18.3 Å². The fraction of sp³-hybridized carbons (Fsp3) is 0.471. The van der Waals surface area contributed by atoms with Crippen molar-refractivity contribution in [1.29, 1.82) is 0 Å². The summed E-state index contributed by atoms with van der Waals surface area (Å²) in [4.78, 5) is 11.7.